The number of hydrogen-bond donors (Lipinski definition) is 1. The molecule has 5 heteroatoms. The van der Waals surface area contributed by atoms with E-state index in [4.69, 9.17) is 4.74 Å². The highest BCUT2D eigenvalue weighted by molar-refractivity contribution is 8.00. The molecule has 4 nitrogen and oxygen atoms in total. The maximum absolute atomic E-state index is 12.6. The Morgan fingerprint density at radius 1 is 1.20 bits per heavy atom. The molecule has 0 aliphatic carbocycles. The van der Waals surface area contributed by atoms with Crippen LogP contribution in [-0.2, 0) is 4.79 Å². The third kappa shape index (κ3) is 4.28. The van der Waals surface area contributed by atoms with Crippen molar-refractivity contribution in [2.45, 2.75) is 30.4 Å². The number of ether oxygens (including phenoxy) is 1. The number of fused-ring (bicyclic) bond motifs is 1. The molecule has 1 N–H and O–H groups in total. The van der Waals surface area contributed by atoms with Gasteiger partial charge in [0.15, 0.2) is 0 Å². The molecule has 1 amide bonds. The Hall–Kier alpha value is -2.14. The van der Waals surface area contributed by atoms with Crippen LogP contribution < -0.4 is 15.0 Å². The van der Waals surface area contributed by atoms with E-state index in [0.717, 1.165) is 24.3 Å². The van der Waals surface area contributed by atoms with E-state index in [-0.39, 0.29) is 5.91 Å². The molecule has 1 heterocycles. The van der Waals surface area contributed by atoms with Crippen LogP contribution in [0.3, 0.4) is 0 Å². The summed E-state index contributed by atoms with van der Waals surface area (Å²) in [6.45, 7) is 5.93. The van der Waals surface area contributed by atoms with Crippen molar-refractivity contribution < 1.29 is 9.53 Å². The Morgan fingerprint density at radius 2 is 1.96 bits per heavy atom. The Kier molecular flexibility index (Phi) is 5.87. The summed E-state index contributed by atoms with van der Waals surface area (Å²) in [5.74, 6) is 0.683. The number of thioether (sulfide) groups is 1. The second-order valence-corrected chi connectivity index (χ2v) is 7.32. The average molecular weight is 356 g/mol. The monoisotopic (exact) mass is 356 g/mol. The van der Waals surface area contributed by atoms with Gasteiger partial charge in [0, 0.05) is 16.7 Å². The predicted molar refractivity (Wildman–Crippen MR) is 105 cm³/mol. The van der Waals surface area contributed by atoms with E-state index in [9.17, 15) is 4.79 Å². The molecular formula is C20H24N2O2S. The number of amides is 1. The SMILES string of the molecule is CCOc1ccccc1NC(=O)CN1CC(CC)Sc2ccccc21. The number of carbonyl (C=O) groups excluding carboxylic acids is 1. The van der Waals surface area contributed by atoms with E-state index < -0.39 is 0 Å². The van der Waals surface area contributed by atoms with Crippen LogP contribution in [-0.4, -0.2) is 30.9 Å². The zero-order valence-electron chi connectivity index (χ0n) is 14.7. The number of anilines is 2. The lowest BCUT2D eigenvalue weighted by molar-refractivity contribution is -0.115. The lowest BCUT2D eigenvalue weighted by Crippen LogP contribution is -2.40. The number of para-hydroxylation sites is 3. The first kappa shape index (κ1) is 17.7. The number of hydrogen-bond acceptors (Lipinski definition) is 4. The Bertz CT molecular complexity index is 735. The second-order valence-electron chi connectivity index (χ2n) is 5.97. The summed E-state index contributed by atoms with van der Waals surface area (Å²) < 4.78 is 5.59. The van der Waals surface area contributed by atoms with Gasteiger partial charge < -0.3 is 15.0 Å². The number of nitrogens with one attached hydrogen (secondary N) is 1. The maximum Gasteiger partial charge on any atom is 0.243 e. The van der Waals surface area contributed by atoms with Crippen LogP contribution in [0.2, 0.25) is 0 Å². The summed E-state index contributed by atoms with van der Waals surface area (Å²) >= 11 is 1.91. The molecule has 1 aliphatic heterocycles. The lowest BCUT2D eigenvalue weighted by Gasteiger charge is -2.34. The van der Waals surface area contributed by atoms with Gasteiger partial charge in [-0.2, -0.15) is 0 Å². The molecule has 3 rings (SSSR count). The molecule has 0 radical (unpaired) electrons. The number of nitrogens with zero attached hydrogens (tertiary/aromatic N) is 1. The molecule has 0 spiro atoms. The van der Waals surface area contributed by atoms with E-state index in [1.807, 2.05) is 49.0 Å². The molecule has 1 atom stereocenters. The topological polar surface area (TPSA) is 41.6 Å². The number of rotatable bonds is 6. The molecule has 0 fully saturated rings. The van der Waals surface area contributed by atoms with E-state index in [1.165, 1.54) is 4.90 Å². The van der Waals surface area contributed by atoms with Gasteiger partial charge in [-0.1, -0.05) is 31.2 Å². The largest absolute Gasteiger partial charge is 0.492 e. The number of benzene rings is 2. The van der Waals surface area contributed by atoms with Crippen LogP contribution in [0.25, 0.3) is 0 Å². The summed E-state index contributed by atoms with van der Waals surface area (Å²) in [7, 11) is 0. The van der Waals surface area contributed by atoms with Crippen molar-refractivity contribution in [3.63, 3.8) is 0 Å². The Labute approximate surface area is 153 Å². The zero-order valence-corrected chi connectivity index (χ0v) is 15.5. The first-order valence-electron chi connectivity index (χ1n) is 8.73. The van der Waals surface area contributed by atoms with Crippen LogP contribution >= 0.6 is 11.8 Å². The number of carbonyl (C=O) groups is 1. The lowest BCUT2D eigenvalue weighted by atomic mass is 10.2. The zero-order chi connectivity index (χ0) is 17.6. The van der Waals surface area contributed by atoms with Gasteiger partial charge in [0.2, 0.25) is 5.91 Å². The minimum Gasteiger partial charge on any atom is -0.492 e. The fraction of sp³-hybridized carbons (Fsp3) is 0.350. The summed E-state index contributed by atoms with van der Waals surface area (Å²) in [6, 6.07) is 15.9. The predicted octanol–water partition coefficient (Wildman–Crippen LogP) is 4.41. The summed E-state index contributed by atoms with van der Waals surface area (Å²) in [5.41, 5.74) is 1.87. The van der Waals surface area contributed by atoms with Crippen LogP contribution in [0.1, 0.15) is 20.3 Å². The summed E-state index contributed by atoms with van der Waals surface area (Å²) in [6.07, 6.45) is 1.09. The third-order valence-electron chi connectivity index (χ3n) is 4.17. The summed E-state index contributed by atoms with van der Waals surface area (Å²) in [5, 5.41) is 3.51. The molecule has 1 aliphatic rings. The smallest absolute Gasteiger partial charge is 0.243 e. The highest BCUT2D eigenvalue weighted by atomic mass is 32.2. The van der Waals surface area contributed by atoms with Crippen molar-refractivity contribution >= 4 is 29.0 Å². The molecule has 0 saturated carbocycles. The van der Waals surface area contributed by atoms with Gasteiger partial charge in [-0.3, -0.25) is 4.79 Å². The fourth-order valence-corrected chi connectivity index (χ4v) is 4.21. The first-order chi connectivity index (χ1) is 12.2. The quantitative estimate of drug-likeness (QED) is 0.832. The van der Waals surface area contributed by atoms with E-state index in [0.29, 0.717) is 24.2 Å². The molecule has 132 valence electrons. The van der Waals surface area contributed by atoms with Crippen molar-refractivity contribution in [2.75, 3.05) is 29.9 Å². The second kappa shape index (κ2) is 8.30. The molecular weight excluding hydrogens is 332 g/mol. The van der Waals surface area contributed by atoms with Gasteiger partial charge >= 0.3 is 0 Å². The molecule has 2 aromatic rings. The highest BCUT2D eigenvalue weighted by Crippen LogP contribution is 2.39. The normalized spacial score (nSPS) is 16.2. The minimum atomic E-state index is -0.0243. The first-order valence-corrected chi connectivity index (χ1v) is 9.61. The van der Waals surface area contributed by atoms with Crippen molar-refractivity contribution in [2.24, 2.45) is 0 Å². The van der Waals surface area contributed by atoms with Crippen LogP contribution in [0, 0.1) is 0 Å². The van der Waals surface area contributed by atoms with Gasteiger partial charge in [0.05, 0.1) is 24.5 Å². The molecule has 0 saturated heterocycles. The van der Waals surface area contributed by atoms with Crippen molar-refractivity contribution in [3.05, 3.63) is 48.5 Å². The van der Waals surface area contributed by atoms with Crippen molar-refractivity contribution in [1.29, 1.82) is 0 Å². The molecule has 25 heavy (non-hydrogen) atoms. The van der Waals surface area contributed by atoms with Crippen molar-refractivity contribution in [3.8, 4) is 5.75 Å². The van der Waals surface area contributed by atoms with Crippen LogP contribution in [0.4, 0.5) is 11.4 Å². The molecule has 2 aromatic carbocycles. The van der Waals surface area contributed by atoms with E-state index >= 15 is 0 Å². The standard InChI is InChI=1S/C20H24N2O2S/c1-3-15-13-22(17-10-6-8-12-19(17)25-15)14-20(23)21-16-9-5-7-11-18(16)24-4-2/h5-12,15H,3-4,13-14H2,1-2H3,(H,21,23). The van der Waals surface area contributed by atoms with Crippen LogP contribution in [0.15, 0.2) is 53.4 Å². The van der Waals surface area contributed by atoms with Gasteiger partial charge in [0.25, 0.3) is 0 Å². The fourth-order valence-electron chi connectivity index (χ4n) is 2.96. The van der Waals surface area contributed by atoms with Gasteiger partial charge in [0.1, 0.15) is 5.75 Å². The third-order valence-corrected chi connectivity index (χ3v) is 5.59. The molecule has 0 bridgehead atoms. The maximum atomic E-state index is 12.6. The van der Waals surface area contributed by atoms with E-state index in [2.05, 4.69) is 35.3 Å². The van der Waals surface area contributed by atoms with Crippen molar-refractivity contribution in [1.82, 2.24) is 0 Å². The van der Waals surface area contributed by atoms with Gasteiger partial charge in [-0.05, 0) is 37.6 Å². The Balaban J connectivity index is 1.73. The van der Waals surface area contributed by atoms with E-state index in [1.54, 1.807) is 0 Å². The Morgan fingerprint density at radius 3 is 2.76 bits per heavy atom. The van der Waals surface area contributed by atoms with Crippen LogP contribution in [0.5, 0.6) is 5.75 Å². The average Bonchev–Trinajstić information content (AvgIpc) is 2.63. The highest BCUT2D eigenvalue weighted by Gasteiger charge is 2.25. The minimum absolute atomic E-state index is 0.0243. The molecule has 1 unspecified atom stereocenters. The van der Waals surface area contributed by atoms with Gasteiger partial charge in [-0.25, -0.2) is 0 Å². The summed E-state index contributed by atoms with van der Waals surface area (Å²) in [4.78, 5) is 16.1. The van der Waals surface area contributed by atoms with Gasteiger partial charge in [-0.15, -0.1) is 11.8 Å². The molecule has 0 aromatic heterocycles.